The average Bonchev–Trinajstić information content (AvgIpc) is 3.62. The van der Waals surface area contributed by atoms with Crippen molar-refractivity contribution in [2.75, 3.05) is 0 Å². The lowest BCUT2D eigenvalue weighted by atomic mass is 9.91. The number of rotatable bonds is 8. The molecule has 0 saturated heterocycles. The van der Waals surface area contributed by atoms with Gasteiger partial charge in [0.15, 0.2) is 0 Å². The van der Waals surface area contributed by atoms with Crippen LogP contribution in [0, 0.1) is 11.3 Å². The summed E-state index contributed by atoms with van der Waals surface area (Å²) in [6.07, 6.45) is 8.21. The molecular weight excluding hydrogens is 494 g/mol. The number of tetrazole rings is 1. The summed E-state index contributed by atoms with van der Waals surface area (Å²) in [5.74, 6) is 0.828. The quantitative estimate of drug-likeness (QED) is 0.234. The first-order valence-corrected chi connectivity index (χ1v) is 12.4. The van der Waals surface area contributed by atoms with Crippen LogP contribution >= 0.6 is 11.6 Å². The Morgan fingerprint density at radius 2 is 1.97 bits per heavy atom. The standard InChI is InChI=1S/C30H24ClN7/c1-3-23(26-17-24(31)12-14-29(26)38-19-33-36-37-38)11-9-20(2)25(15-21-7-5-4-6-8-21)30-34-27-13-10-22(18-32)16-28(27)35-30/h3-14,16-17,19,25H,1,15H2,2H3,(H,34,35)/b20-9+,23-11+. The molecule has 0 bridgehead atoms. The number of fused-ring (bicyclic) bond motifs is 1. The van der Waals surface area contributed by atoms with E-state index < -0.39 is 0 Å². The fraction of sp³-hybridized carbons (Fsp3) is 0.100. The van der Waals surface area contributed by atoms with E-state index in [9.17, 15) is 5.26 Å². The number of halogens is 1. The van der Waals surface area contributed by atoms with E-state index in [1.54, 1.807) is 29.2 Å². The highest BCUT2D eigenvalue weighted by Gasteiger charge is 2.19. The number of H-pyrrole nitrogens is 1. The topological polar surface area (TPSA) is 96.1 Å². The van der Waals surface area contributed by atoms with Crippen molar-refractivity contribution in [3.8, 4) is 11.8 Å². The summed E-state index contributed by atoms with van der Waals surface area (Å²) in [5, 5.41) is 21.5. The van der Waals surface area contributed by atoms with Crippen LogP contribution in [0.1, 0.15) is 35.4 Å². The first-order valence-electron chi connectivity index (χ1n) is 12.0. The summed E-state index contributed by atoms with van der Waals surface area (Å²) in [4.78, 5) is 8.34. The Balaban J connectivity index is 1.56. The number of allylic oxidation sites excluding steroid dienone is 5. The lowest BCUT2D eigenvalue weighted by Crippen LogP contribution is -2.07. The van der Waals surface area contributed by atoms with Crippen molar-refractivity contribution in [2.45, 2.75) is 19.3 Å². The predicted molar refractivity (Wildman–Crippen MR) is 150 cm³/mol. The van der Waals surface area contributed by atoms with E-state index in [1.165, 1.54) is 5.56 Å². The van der Waals surface area contributed by atoms with Crippen LogP contribution in [0.15, 0.2) is 103 Å². The third-order valence-corrected chi connectivity index (χ3v) is 6.64. The first kappa shape index (κ1) is 24.9. The monoisotopic (exact) mass is 517 g/mol. The molecule has 3 aromatic carbocycles. The van der Waals surface area contributed by atoms with Crippen molar-refractivity contribution in [2.24, 2.45) is 0 Å². The molecule has 0 aliphatic rings. The molecule has 7 nitrogen and oxygen atoms in total. The van der Waals surface area contributed by atoms with E-state index in [0.717, 1.165) is 45.7 Å². The predicted octanol–water partition coefficient (Wildman–Crippen LogP) is 6.61. The van der Waals surface area contributed by atoms with Gasteiger partial charge >= 0.3 is 0 Å². The molecule has 2 aromatic heterocycles. The largest absolute Gasteiger partial charge is 0.341 e. The van der Waals surface area contributed by atoms with Gasteiger partial charge in [0.1, 0.15) is 12.2 Å². The van der Waals surface area contributed by atoms with Crippen LogP contribution in [-0.2, 0) is 6.42 Å². The van der Waals surface area contributed by atoms with Crippen LogP contribution in [-0.4, -0.2) is 30.2 Å². The zero-order valence-corrected chi connectivity index (χ0v) is 21.5. The minimum atomic E-state index is -0.0176. The molecular formula is C30H24ClN7. The molecule has 2 heterocycles. The van der Waals surface area contributed by atoms with Gasteiger partial charge in [0.05, 0.1) is 28.4 Å². The first-order chi connectivity index (χ1) is 18.6. The molecule has 0 saturated carbocycles. The summed E-state index contributed by atoms with van der Waals surface area (Å²) in [6.45, 7) is 6.13. The average molecular weight is 518 g/mol. The van der Waals surface area contributed by atoms with E-state index in [-0.39, 0.29) is 5.92 Å². The van der Waals surface area contributed by atoms with Gasteiger partial charge in [-0.15, -0.1) is 5.10 Å². The summed E-state index contributed by atoms with van der Waals surface area (Å²) in [7, 11) is 0. The lowest BCUT2D eigenvalue weighted by molar-refractivity contribution is 0.739. The van der Waals surface area contributed by atoms with Gasteiger partial charge in [-0.2, -0.15) is 9.94 Å². The van der Waals surface area contributed by atoms with Crippen molar-refractivity contribution in [1.29, 1.82) is 5.26 Å². The highest BCUT2D eigenvalue weighted by atomic mass is 35.5. The smallest absolute Gasteiger partial charge is 0.143 e. The number of hydrogen-bond acceptors (Lipinski definition) is 5. The molecule has 0 aliphatic heterocycles. The second-order valence-electron chi connectivity index (χ2n) is 8.86. The molecule has 0 aliphatic carbocycles. The molecule has 5 rings (SSSR count). The zero-order valence-electron chi connectivity index (χ0n) is 20.7. The molecule has 0 radical (unpaired) electrons. The van der Waals surface area contributed by atoms with E-state index in [2.05, 4.69) is 58.3 Å². The number of hydrogen-bond donors (Lipinski definition) is 1. The van der Waals surface area contributed by atoms with Crippen LogP contribution in [0.2, 0.25) is 5.02 Å². The van der Waals surface area contributed by atoms with Gasteiger partial charge in [-0.05, 0) is 71.3 Å². The Hall–Kier alpha value is -4.80. The van der Waals surface area contributed by atoms with Crippen molar-refractivity contribution >= 4 is 28.2 Å². The molecule has 1 atom stereocenters. The van der Waals surface area contributed by atoms with E-state index in [1.807, 2.05) is 48.5 Å². The lowest BCUT2D eigenvalue weighted by Gasteiger charge is -2.16. The highest BCUT2D eigenvalue weighted by molar-refractivity contribution is 6.30. The van der Waals surface area contributed by atoms with Crippen molar-refractivity contribution in [3.05, 3.63) is 131 Å². The molecule has 1 N–H and O–H groups in total. The molecule has 186 valence electrons. The summed E-state index contributed by atoms with van der Waals surface area (Å²) in [6, 6.07) is 23.6. The number of nitriles is 1. The van der Waals surface area contributed by atoms with Crippen LogP contribution in [0.3, 0.4) is 0 Å². The van der Waals surface area contributed by atoms with Crippen molar-refractivity contribution in [3.63, 3.8) is 0 Å². The molecule has 38 heavy (non-hydrogen) atoms. The summed E-state index contributed by atoms with van der Waals surface area (Å²) < 4.78 is 1.60. The van der Waals surface area contributed by atoms with Gasteiger partial charge < -0.3 is 4.98 Å². The second kappa shape index (κ2) is 11.1. The van der Waals surface area contributed by atoms with Crippen molar-refractivity contribution < 1.29 is 0 Å². The van der Waals surface area contributed by atoms with E-state index >= 15 is 0 Å². The normalized spacial score (nSPS) is 12.9. The van der Waals surface area contributed by atoms with Gasteiger partial charge in [-0.3, -0.25) is 0 Å². The fourth-order valence-corrected chi connectivity index (χ4v) is 4.57. The number of aromatic amines is 1. The third kappa shape index (κ3) is 5.31. The summed E-state index contributed by atoms with van der Waals surface area (Å²) >= 11 is 6.35. The Bertz CT molecular complexity index is 1690. The minimum Gasteiger partial charge on any atom is -0.341 e. The van der Waals surface area contributed by atoms with E-state index in [0.29, 0.717) is 10.6 Å². The third-order valence-electron chi connectivity index (χ3n) is 6.40. The maximum Gasteiger partial charge on any atom is 0.143 e. The SMILES string of the molecule is C=C/C(=C\C=C(/C)C(Cc1ccccc1)c1nc2cc(C#N)ccc2[nH]1)c1cc(Cl)ccc1-n1cnnn1. The Labute approximate surface area is 225 Å². The number of benzene rings is 3. The molecule has 1 unspecified atom stereocenters. The highest BCUT2D eigenvalue weighted by Crippen LogP contribution is 2.31. The molecule has 0 amide bonds. The van der Waals surface area contributed by atoms with Gasteiger partial charge in [-0.25, -0.2) is 4.98 Å². The summed E-state index contributed by atoms with van der Waals surface area (Å²) in [5.41, 5.74) is 7.10. The van der Waals surface area contributed by atoms with Crippen LogP contribution in [0.5, 0.6) is 0 Å². The van der Waals surface area contributed by atoms with Crippen LogP contribution in [0.25, 0.3) is 22.3 Å². The van der Waals surface area contributed by atoms with Crippen molar-refractivity contribution in [1.82, 2.24) is 30.2 Å². The Kier molecular flexibility index (Phi) is 7.25. The van der Waals surface area contributed by atoms with Gasteiger partial charge in [0, 0.05) is 16.5 Å². The van der Waals surface area contributed by atoms with Gasteiger partial charge in [0.25, 0.3) is 0 Å². The van der Waals surface area contributed by atoms with Crippen LogP contribution in [0.4, 0.5) is 0 Å². The molecule has 0 spiro atoms. The maximum absolute atomic E-state index is 9.30. The molecule has 0 fully saturated rings. The Morgan fingerprint density at radius 1 is 1.13 bits per heavy atom. The van der Waals surface area contributed by atoms with Gasteiger partial charge in [-0.1, -0.05) is 72.3 Å². The number of imidazole rings is 1. The fourth-order valence-electron chi connectivity index (χ4n) is 4.40. The van der Waals surface area contributed by atoms with Crippen LogP contribution < -0.4 is 0 Å². The zero-order chi connectivity index (χ0) is 26.5. The maximum atomic E-state index is 9.30. The van der Waals surface area contributed by atoms with Gasteiger partial charge in [0.2, 0.25) is 0 Å². The minimum absolute atomic E-state index is 0.0176. The second-order valence-corrected chi connectivity index (χ2v) is 9.30. The number of nitrogens with one attached hydrogen (secondary N) is 1. The number of nitrogens with zero attached hydrogens (tertiary/aromatic N) is 6. The van der Waals surface area contributed by atoms with E-state index in [4.69, 9.17) is 16.6 Å². The molecule has 8 heteroatoms. The Morgan fingerprint density at radius 3 is 2.71 bits per heavy atom. The number of aromatic nitrogens is 6. The molecule has 5 aromatic rings.